The molecule has 272 valence electrons. The van der Waals surface area contributed by atoms with Crippen LogP contribution in [0.2, 0.25) is 0 Å². The average Bonchev–Trinajstić information content (AvgIpc) is 3.44. The van der Waals surface area contributed by atoms with Gasteiger partial charge in [0.25, 0.3) is 0 Å². The third kappa shape index (κ3) is 7.30. The molecule has 12 nitrogen and oxygen atoms in total. The minimum Gasteiger partial charge on any atom is -0.390 e. The number of nitrogens with one attached hydrogen (secondary N) is 2. The Morgan fingerprint density at radius 1 is 1.02 bits per heavy atom. The smallest absolute Gasteiger partial charge is 0.248 e. The van der Waals surface area contributed by atoms with Crippen molar-refractivity contribution >= 4 is 34.2 Å². The van der Waals surface area contributed by atoms with Crippen molar-refractivity contribution in [3.05, 3.63) is 46.8 Å². The number of sulfonamides is 1. The first kappa shape index (κ1) is 37.7. The molecule has 0 bridgehead atoms. The third-order valence-corrected chi connectivity index (χ3v) is 13.1. The fourth-order valence-electron chi connectivity index (χ4n) is 8.39. The second-order valence-electron chi connectivity index (χ2n) is 14.1. The van der Waals surface area contributed by atoms with E-state index in [9.17, 15) is 23.1 Å². The second-order valence-corrected chi connectivity index (χ2v) is 16.0. The van der Waals surface area contributed by atoms with Gasteiger partial charge in [-0.15, -0.1) is 12.4 Å². The molecule has 1 unspecified atom stereocenters. The van der Waals surface area contributed by atoms with Crippen molar-refractivity contribution in [2.24, 2.45) is 5.92 Å². The van der Waals surface area contributed by atoms with E-state index < -0.39 is 27.7 Å². The molecule has 1 aromatic heterocycles. The molecule has 1 saturated carbocycles. The first-order chi connectivity index (χ1) is 23.1. The molecule has 0 radical (unpaired) electrons. The number of carbonyl (C=O) groups excluding carboxylic acids is 2. The number of morpholine rings is 1. The molecule has 1 aliphatic carbocycles. The van der Waals surface area contributed by atoms with Crippen LogP contribution in [-0.4, -0.2) is 113 Å². The number of amides is 2. The summed E-state index contributed by atoms with van der Waals surface area (Å²) in [5.41, 5.74) is 2.77. The van der Waals surface area contributed by atoms with Crippen molar-refractivity contribution in [1.82, 2.24) is 29.6 Å². The van der Waals surface area contributed by atoms with Gasteiger partial charge in [-0.25, -0.2) is 8.42 Å². The molecule has 4 aliphatic rings. The van der Waals surface area contributed by atoms with Crippen LogP contribution in [0, 0.1) is 19.8 Å². The summed E-state index contributed by atoms with van der Waals surface area (Å²) in [6.45, 7) is 9.04. The van der Waals surface area contributed by atoms with Gasteiger partial charge < -0.3 is 20.1 Å². The third-order valence-electron chi connectivity index (χ3n) is 11.2. The number of aliphatic hydroxyl groups excluding tert-OH is 1. The van der Waals surface area contributed by atoms with Crippen LogP contribution in [0.15, 0.2) is 29.2 Å². The van der Waals surface area contributed by atoms with Crippen molar-refractivity contribution in [1.29, 1.82) is 0 Å². The van der Waals surface area contributed by atoms with Gasteiger partial charge in [0.05, 0.1) is 35.9 Å². The quantitative estimate of drug-likeness (QED) is 0.338. The summed E-state index contributed by atoms with van der Waals surface area (Å²) >= 11 is 0. The molecule has 3 N–H and O–H groups in total. The van der Waals surface area contributed by atoms with E-state index in [0.29, 0.717) is 58.8 Å². The lowest BCUT2D eigenvalue weighted by molar-refractivity contribution is -0.166. The fraction of sp³-hybridized carbons (Fsp3) is 0.686. The van der Waals surface area contributed by atoms with Crippen LogP contribution in [0.4, 0.5) is 0 Å². The number of piperazine rings is 1. The number of aliphatic hydroxyl groups is 1. The van der Waals surface area contributed by atoms with Gasteiger partial charge in [-0.05, 0) is 69.6 Å². The summed E-state index contributed by atoms with van der Waals surface area (Å²) in [5.74, 6) is -0.304. The molecule has 49 heavy (non-hydrogen) atoms. The molecule has 2 aromatic rings. The molecule has 3 saturated heterocycles. The summed E-state index contributed by atoms with van der Waals surface area (Å²) in [4.78, 5) is 32.6. The number of rotatable bonds is 10. The van der Waals surface area contributed by atoms with Crippen molar-refractivity contribution in [3.8, 4) is 0 Å². The summed E-state index contributed by atoms with van der Waals surface area (Å²) in [7, 11) is -3.64. The van der Waals surface area contributed by atoms with Gasteiger partial charge >= 0.3 is 0 Å². The van der Waals surface area contributed by atoms with Crippen molar-refractivity contribution in [2.45, 2.75) is 107 Å². The van der Waals surface area contributed by atoms with E-state index in [4.69, 9.17) is 4.74 Å². The van der Waals surface area contributed by atoms with Crippen LogP contribution in [0.1, 0.15) is 93.3 Å². The predicted molar refractivity (Wildman–Crippen MR) is 188 cm³/mol. The van der Waals surface area contributed by atoms with Crippen LogP contribution in [0.25, 0.3) is 0 Å². The number of aromatic nitrogens is 2. The molecular weight excluding hydrogens is 668 g/mol. The first-order valence-electron chi connectivity index (χ1n) is 17.8. The SMILES string of the molecule is CCCCN1C(=O)[C@@H]([C@H](O)C2CCCCC2)NC(=O)C12CCN(C(c1ccc(S(=O)(=O)N3CCOCC3)cc1)c1c(C)n[nH]c1C)CC2.Cl. The largest absolute Gasteiger partial charge is 0.390 e. The number of aryl methyl sites for hydroxylation is 2. The zero-order valence-corrected chi connectivity index (χ0v) is 30.7. The van der Waals surface area contributed by atoms with Crippen LogP contribution < -0.4 is 5.32 Å². The highest BCUT2D eigenvalue weighted by molar-refractivity contribution is 7.89. The normalized spacial score (nSPS) is 24.0. The number of carbonyl (C=O) groups is 2. The van der Waals surface area contributed by atoms with E-state index in [1.807, 2.05) is 26.0 Å². The maximum atomic E-state index is 14.1. The number of hydrogen-bond donors (Lipinski definition) is 3. The van der Waals surface area contributed by atoms with Crippen molar-refractivity contribution in [2.75, 3.05) is 45.9 Å². The average molecular weight is 721 g/mol. The molecular formula is C35H53ClN6O6S. The van der Waals surface area contributed by atoms with Crippen LogP contribution in [-0.2, 0) is 24.3 Å². The summed E-state index contributed by atoms with van der Waals surface area (Å²) in [6, 6.07) is 6.00. The number of halogens is 1. The number of ether oxygens (including phenoxy) is 1. The lowest BCUT2D eigenvalue weighted by Crippen LogP contribution is -2.75. The minimum absolute atomic E-state index is 0. The maximum absolute atomic E-state index is 14.1. The van der Waals surface area contributed by atoms with Gasteiger partial charge in [-0.1, -0.05) is 44.7 Å². The van der Waals surface area contributed by atoms with Crippen molar-refractivity contribution < 1.29 is 27.9 Å². The molecule has 4 heterocycles. The standard InChI is InChI=1S/C35H52N6O6S.ClH/c1-4-5-17-41-33(43)30(32(42)27-9-7-6-8-10-27)36-34(44)35(41)15-18-39(19-16-35)31(29-24(2)37-38-25(29)3)26-11-13-28(14-12-26)48(45,46)40-20-22-47-23-21-40;/h11-14,27,30-32,42H,4-10,15-23H2,1-3H3,(H,36,44)(H,37,38);1H/t30-,31?,32-;/m1./s1. The Kier molecular flexibility index (Phi) is 12.1. The van der Waals surface area contributed by atoms with Gasteiger partial charge in [-0.3, -0.25) is 19.6 Å². The van der Waals surface area contributed by atoms with E-state index >= 15 is 0 Å². The van der Waals surface area contributed by atoms with Crippen molar-refractivity contribution in [3.63, 3.8) is 0 Å². The molecule has 14 heteroatoms. The lowest BCUT2D eigenvalue weighted by Gasteiger charge is -2.53. The number of nitrogens with zero attached hydrogens (tertiary/aromatic N) is 4. The summed E-state index contributed by atoms with van der Waals surface area (Å²) < 4.78 is 33.5. The molecule has 1 aromatic carbocycles. The Hall–Kier alpha value is -2.55. The van der Waals surface area contributed by atoms with Gasteiger partial charge in [0.2, 0.25) is 21.8 Å². The highest BCUT2D eigenvalue weighted by Crippen LogP contribution is 2.41. The predicted octanol–water partition coefficient (Wildman–Crippen LogP) is 3.46. The van der Waals surface area contributed by atoms with E-state index in [0.717, 1.165) is 67.5 Å². The molecule has 3 atom stereocenters. The zero-order valence-electron chi connectivity index (χ0n) is 29.0. The van der Waals surface area contributed by atoms with Gasteiger partial charge in [0, 0.05) is 44.0 Å². The number of benzene rings is 1. The summed E-state index contributed by atoms with van der Waals surface area (Å²) in [6.07, 6.45) is 6.69. The van der Waals surface area contributed by atoms with Gasteiger partial charge in [0.1, 0.15) is 11.6 Å². The number of unbranched alkanes of at least 4 members (excludes halogenated alkanes) is 1. The monoisotopic (exact) mass is 720 g/mol. The number of H-pyrrole nitrogens is 1. The molecule has 1 spiro atoms. The first-order valence-corrected chi connectivity index (χ1v) is 19.3. The van der Waals surface area contributed by atoms with Gasteiger partial charge in [0.15, 0.2) is 0 Å². The molecule has 6 rings (SSSR count). The lowest BCUT2D eigenvalue weighted by atomic mass is 9.77. The summed E-state index contributed by atoms with van der Waals surface area (Å²) in [5, 5.41) is 21.9. The Labute approximate surface area is 296 Å². The second kappa shape index (κ2) is 15.8. The highest BCUT2D eigenvalue weighted by atomic mass is 35.5. The topological polar surface area (TPSA) is 148 Å². The highest BCUT2D eigenvalue weighted by Gasteiger charge is 2.55. The van der Waals surface area contributed by atoms with Gasteiger partial charge in [-0.2, -0.15) is 9.40 Å². The van der Waals surface area contributed by atoms with Crippen LogP contribution >= 0.6 is 12.4 Å². The number of hydrogen-bond acceptors (Lipinski definition) is 8. The Balaban J connectivity index is 0.00000468. The van der Waals surface area contributed by atoms with E-state index in [1.165, 1.54) is 4.31 Å². The maximum Gasteiger partial charge on any atom is 0.248 e. The molecule has 2 amide bonds. The Morgan fingerprint density at radius 3 is 2.27 bits per heavy atom. The Bertz CT molecular complexity index is 1530. The van der Waals surface area contributed by atoms with E-state index in [-0.39, 0.29) is 41.1 Å². The van der Waals surface area contributed by atoms with Crippen LogP contribution in [0.3, 0.4) is 0 Å². The minimum atomic E-state index is -3.64. The number of piperidine rings is 1. The number of likely N-dealkylation sites (tertiary alicyclic amines) is 1. The fourth-order valence-corrected chi connectivity index (χ4v) is 9.80. The number of aromatic amines is 1. The molecule has 4 fully saturated rings. The zero-order chi connectivity index (χ0) is 34.1. The van der Waals surface area contributed by atoms with E-state index in [1.54, 1.807) is 17.0 Å². The van der Waals surface area contributed by atoms with Crippen LogP contribution in [0.5, 0.6) is 0 Å². The molecule has 3 aliphatic heterocycles. The van der Waals surface area contributed by atoms with E-state index in [2.05, 4.69) is 27.3 Å². The Morgan fingerprint density at radius 2 is 1.67 bits per heavy atom.